The molecule has 3 nitrogen and oxygen atoms in total. The number of hydrogen-bond donors (Lipinski definition) is 1. The highest BCUT2D eigenvalue weighted by Crippen LogP contribution is 2.31. The summed E-state index contributed by atoms with van der Waals surface area (Å²) in [7, 11) is 0. The summed E-state index contributed by atoms with van der Waals surface area (Å²) in [6, 6.07) is 9.68. The summed E-state index contributed by atoms with van der Waals surface area (Å²) in [4.78, 5) is 4.59. The molecule has 0 bridgehead atoms. The number of rotatable bonds is 1. The third kappa shape index (κ3) is 2.11. The van der Waals surface area contributed by atoms with Crippen LogP contribution in [0.4, 0.5) is 5.82 Å². The van der Waals surface area contributed by atoms with Crippen LogP contribution in [0, 0.1) is 6.92 Å². The van der Waals surface area contributed by atoms with Crippen molar-refractivity contribution in [2.24, 2.45) is 0 Å². The van der Waals surface area contributed by atoms with E-state index in [0.29, 0.717) is 10.8 Å². The minimum absolute atomic E-state index is 0.629. The van der Waals surface area contributed by atoms with E-state index in [0.717, 1.165) is 26.9 Å². The smallest absolute Gasteiger partial charge is 0.139 e. The average molecular weight is 337 g/mol. The van der Waals surface area contributed by atoms with Gasteiger partial charge in [-0.3, -0.25) is 4.40 Å². The van der Waals surface area contributed by atoms with Crippen LogP contribution in [-0.4, -0.2) is 9.38 Å². The molecule has 3 rings (SSSR count). The summed E-state index contributed by atoms with van der Waals surface area (Å²) >= 11 is 9.42. The molecule has 0 radical (unpaired) electrons. The van der Waals surface area contributed by atoms with Crippen molar-refractivity contribution < 1.29 is 0 Å². The Kier molecular flexibility index (Phi) is 2.99. The van der Waals surface area contributed by atoms with E-state index >= 15 is 0 Å². The van der Waals surface area contributed by atoms with Gasteiger partial charge < -0.3 is 5.73 Å². The summed E-state index contributed by atoms with van der Waals surface area (Å²) in [6.45, 7) is 2.03. The third-order valence-corrected chi connectivity index (χ3v) is 4.23. The van der Waals surface area contributed by atoms with Gasteiger partial charge in [-0.05, 0) is 52.7 Å². The van der Waals surface area contributed by atoms with Gasteiger partial charge in [-0.15, -0.1) is 0 Å². The highest BCUT2D eigenvalue weighted by atomic mass is 79.9. The highest BCUT2D eigenvalue weighted by Gasteiger charge is 2.12. The summed E-state index contributed by atoms with van der Waals surface area (Å²) < 4.78 is 2.71. The molecule has 0 spiro atoms. The Hall–Kier alpha value is -1.52. The molecule has 0 aliphatic carbocycles. The molecule has 1 aromatic carbocycles. The summed E-state index contributed by atoms with van der Waals surface area (Å²) in [5, 5.41) is 0.668. The number of hydrogen-bond acceptors (Lipinski definition) is 2. The van der Waals surface area contributed by atoms with Gasteiger partial charge in [0.15, 0.2) is 0 Å². The lowest BCUT2D eigenvalue weighted by Crippen LogP contribution is -1.94. The molecule has 19 heavy (non-hydrogen) atoms. The average Bonchev–Trinajstić information content (AvgIpc) is 2.70. The second-order valence-corrected chi connectivity index (χ2v) is 5.67. The van der Waals surface area contributed by atoms with E-state index in [2.05, 4.69) is 20.9 Å². The Bertz CT molecular complexity index is 780. The molecular weight excluding hydrogens is 326 g/mol. The fraction of sp³-hybridized carbons (Fsp3) is 0.0714. The number of fused-ring (bicyclic) bond motifs is 1. The van der Waals surface area contributed by atoms with E-state index in [1.54, 1.807) is 0 Å². The van der Waals surface area contributed by atoms with Crippen molar-refractivity contribution in [2.45, 2.75) is 6.92 Å². The third-order valence-electron chi connectivity index (χ3n) is 3.01. The SMILES string of the molecule is Cc1ccn2c(N)c(-c3ccc(Cl)c(Br)c3)nc2c1. The van der Waals surface area contributed by atoms with Gasteiger partial charge in [0.05, 0.1) is 5.02 Å². The topological polar surface area (TPSA) is 43.3 Å². The molecule has 0 saturated carbocycles. The minimum atomic E-state index is 0.629. The van der Waals surface area contributed by atoms with E-state index in [4.69, 9.17) is 17.3 Å². The number of nitrogens with two attached hydrogens (primary N) is 1. The number of aromatic nitrogens is 2. The van der Waals surface area contributed by atoms with Crippen LogP contribution in [0.2, 0.25) is 5.02 Å². The van der Waals surface area contributed by atoms with E-state index in [9.17, 15) is 0 Å². The van der Waals surface area contributed by atoms with Crippen LogP contribution in [0.1, 0.15) is 5.56 Å². The van der Waals surface area contributed by atoms with Crippen LogP contribution < -0.4 is 5.73 Å². The second-order valence-electron chi connectivity index (χ2n) is 4.41. The van der Waals surface area contributed by atoms with Gasteiger partial charge in [-0.25, -0.2) is 4.98 Å². The quantitative estimate of drug-likeness (QED) is 0.719. The highest BCUT2D eigenvalue weighted by molar-refractivity contribution is 9.10. The number of halogens is 2. The molecule has 3 aromatic rings. The van der Waals surface area contributed by atoms with Gasteiger partial charge in [-0.2, -0.15) is 0 Å². The Labute approximate surface area is 124 Å². The van der Waals surface area contributed by atoms with Crippen molar-refractivity contribution >= 4 is 39.0 Å². The van der Waals surface area contributed by atoms with Crippen molar-refractivity contribution in [3.63, 3.8) is 0 Å². The van der Waals surface area contributed by atoms with Crippen LogP contribution in [0.5, 0.6) is 0 Å². The van der Waals surface area contributed by atoms with Crippen LogP contribution in [0.3, 0.4) is 0 Å². The zero-order valence-corrected chi connectivity index (χ0v) is 12.5. The molecule has 2 N–H and O–H groups in total. The molecule has 0 atom stereocenters. The molecule has 2 aromatic heterocycles. The van der Waals surface area contributed by atoms with Gasteiger partial charge >= 0.3 is 0 Å². The van der Waals surface area contributed by atoms with E-state index in [-0.39, 0.29) is 0 Å². The van der Waals surface area contributed by atoms with Crippen molar-refractivity contribution in [2.75, 3.05) is 5.73 Å². The Morgan fingerprint density at radius 3 is 2.79 bits per heavy atom. The molecule has 2 heterocycles. The summed E-state index contributed by atoms with van der Waals surface area (Å²) in [5.74, 6) is 0.629. The summed E-state index contributed by atoms with van der Waals surface area (Å²) in [6.07, 6.45) is 1.93. The molecule has 0 aliphatic rings. The van der Waals surface area contributed by atoms with Gasteiger partial charge in [0.25, 0.3) is 0 Å². The van der Waals surface area contributed by atoms with Gasteiger partial charge in [0.2, 0.25) is 0 Å². The van der Waals surface area contributed by atoms with Crippen LogP contribution in [-0.2, 0) is 0 Å². The van der Waals surface area contributed by atoms with E-state index in [1.165, 1.54) is 0 Å². The first-order chi connectivity index (χ1) is 9.06. The van der Waals surface area contributed by atoms with Gasteiger partial charge in [0.1, 0.15) is 17.2 Å². The molecule has 0 unspecified atom stereocenters. The van der Waals surface area contributed by atoms with Gasteiger partial charge in [-0.1, -0.05) is 17.7 Å². The number of nitrogens with zero attached hydrogens (tertiary/aromatic N) is 2. The molecule has 0 amide bonds. The second kappa shape index (κ2) is 4.54. The number of benzene rings is 1. The van der Waals surface area contributed by atoms with Crippen LogP contribution in [0.15, 0.2) is 41.0 Å². The van der Waals surface area contributed by atoms with Gasteiger partial charge in [0, 0.05) is 16.2 Å². The Balaban J connectivity index is 2.24. The molecule has 0 saturated heterocycles. The number of nitrogen functional groups attached to an aromatic ring is 1. The first-order valence-electron chi connectivity index (χ1n) is 5.76. The van der Waals surface area contributed by atoms with Crippen molar-refractivity contribution in [3.8, 4) is 11.3 Å². The minimum Gasteiger partial charge on any atom is -0.383 e. The first-order valence-corrected chi connectivity index (χ1v) is 6.93. The Morgan fingerprint density at radius 2 is 2.05 bits per heavy atom. The predicted octanol–water partition coefficient (Wildman–Crippen LogP) is 4.31. The lowest BCUT2D eigenvalue weighted by Gasteiger charge is -2.01. The number of anilines is 1. The maximum Gasteiger partial charge on any atom is 0.139 e. The van der Waals surface area contributed by atoms with Crippen molar-refractivity contribution in [3.05, 3.63) is 51.6 Å². The number of pyridine rings is 1. The molecule has 96 valence electrons. The van der Waals surface area contributed by atoms with Crippen LogP contribution >= 0.6 is 27.5 Å². The first kappa shape index (κ1) is 12.5. The predicted molar refractivity (Wildman–Crippen MR) is 82.5 cm³/mol. The van der Waals surface area contributed by atoms with Crippen molar-refractivity contribution in [1.29, 1.82) is 0 Å². The molecular formula is C14H11BrClN3. The van der Waals surface area contributed by atoms with E-state index in [1.807, 2.05) is 47.9 Å². The monoisotopic (exact) mass is 335 g/mol. The number of aryl methyl sites for hydroxylation is 1. The Morgan fingerprint density at radius 1 is 1.26 bits per heavy atom. The van der Waals surface area contributed by atoms with Crippen LogP contribution in [0.25, 0.3) is 16.9 Å². The largest absolute Gasteiger partial charge is 0.383 e. The summed E-state index contributed by atoms with van der Waals surface area (Å²) in [5.41, 5.74) is 9.87. The fourth-order valence-electron chi connectivity index (χ4n) is 2.02. The lowest BCUT2D eigenvalue weighted by atomic mass is 10.1. The maximum absolute atomic E-state index is 6.16. The molecule has 5 heteroatoms. The maximum atomic E-state index is 6.16. The fourth-order valence-corrected chi connectivity index (χ4v) is 2.52. The van der Waals surface area contributed by atoms with E-state index < -0.39 is 0 Å². The molecule has 0 aliphatic heterocycles. The lowest BCUT2D eigenvalue weighted by molar-refractivity contribution is 1.18. The zero-order valence-electron chi connectivity index (χ0n) is 10.2. The number of imidazole rings is 1. The van der Waals surface area contributed by atoms with Crippen molar-refractivity contribution in [1.82, 2.24) is 9.38 Å². The zero-order chi connectivity index (χ0) is 13.6. The molecule has 0 fully saturated rings. The normalized spacial score (nSPS) is 11.1. The standard InChI is InChI=1S/C14H11BrClN3/c1-8-4-5-19-12(6-8)18-13(14(19)17)9-2-3-11(16)10(15)7-9/h2-7H,17H2,1H3.